The summed E-state index contributed by atoms with van der Waals surface area (Å²) in [6.45, 7) is -0.0263. The Hall–Kier alpha value is -2.82. The topological polar surface area (TPSA) is 91.8 Å². The van der Waals surface area contributed by atoms with E-state index in [9.17, 15) is 9.18 Å². The smallest absolute Gasteiger partial charge is 0.325 e. The van der Waals surface area contributed by atoms with Crippen LogP contribution in [-0.2, 0) is 13.1 Å². The van der Waals surface area contributed by atoms with E-state index in [1.54, 1.807) is 36.0 Å². The SMILES string of the molecule is O=C(Nc1ccc(Cl)c(CF)c1)Nc1ncc(CCNc2ncnc3ccsc23)s1. The number of amides is 2. The van der Waals surface area contributed by atoms with E-state index in [0.717, 1.165) is 27.3 Å². The normalized spacial score (nSPS) is 10.9. The van der Waals surface area contributed by atoms with Crippen LogP contribution in [0.1, 0.15) is 10.4 Å². The number of thiazole rings is 1. The van der Waals surface area contributed by atoms with Crippen molar-refractivity contribution in [2.75, 3.05) is 22.5 Å². The van der Waals surface area contributed by atoms with Gasteiger partial charge < -0.3 is 10.6 Å². The Balaban J connectivity index is 1.29. The van der Waals surface area contributed by atoms with Crippen LogP contribution in [0.25, 0.3) is 10.2 Å². The van der Waals surface area contributed by atoms with Gasteiger partial charge >= 0.3 is 6.03 Å². The van der Waals surface area contributed by atoms with Gasteiger partial charge in [0.05, 0.1) is 10.2 Å². The first kappa shape index (κ1) is 20.5. The maximum Gasteiger partial charge on any atom is 0.325 e. The van der Waals surface area contributed by atoms with Crippen molar-refractivity contribution in [3.63, 3.8) is 0 Å². The zero-order chi connectivity index (χ0) is 20.9. The molecule has 0 saturated heterocycles. The quantitative estimate of drug-likeness (QED) is 0.334. The first-order valence-corrected chi connectivity index (χ1v) is 11.0. The number of halogens is 2. The molecule has 0 spiro atoms. The maximum absolute atomic E-state index is 12.9. The molecule has 2 amide bonds. The third-order valence-corrected chi connectivity index (χ3v) is 6.38. The number of benzene rings is 1. The van der Waals surface area contributed by atoms with Crippen LogP contribution in [0.2, 0.25) is 5.02 Å². The highest BCUT2D eigenvalue weighted by Gasteiger charge is 2.09. The van der Waals surface area contributed by atoms with E-state index in [1.165, 1.54) is 17.4 Å². The predicted octanol–water partition coefficient (Wildman–Crippen LogP) is 5.57. The number of aromatic nitrogens is 3. The van der Waals surface area contributed by atoms with Gasteiger partial charge in [-0.25, -0.2) is 24.1 Å². The number of alkyl halides is 1. The van der Waals surface area contributed by atoms with Crippen LogP contribution in [0.3, 0.4) is 0 Å². The lowest BCUT2D eigenvalue weighted by Gasteiger charge is -2.07. The summed E-state index contributed by atoms with van der Waals surface area (Å²) >= 11 is 8.86. The van der Waals surface area contributed by atoms with Gasteiger partial charge in [-0.1, -0.05) is 11.6 Å². The van der Waals surface area contributed by atoms with Crippen molar-refractivity contribution in [1.29, 1.82) is 0 Å². The molecule has 1 aromatic carbocycles. The highest BCUT2D eigenvalue weighted by atomic mass is 35.5. The van der Waals surface area contributed by atoms with E-state index in [4.69, 9.17) is 11.6 Å². The number of thiophene rings is 1. The standard InChI is InChI=1S/C19H16ClFN6OS2/c20-14-2-1-12(7-11(14)8-21)26-18(28)27-19-23-9-13(30-19)3-5-22-17-16-15(4-6-29-16)24-10-25-17/h1-2,4,6-7,9-10H,3,5,8H2,(H,22,24,25)(H2,23,26,27,28). The van der Waals surface area contributed by atoms with Crippen molar-refractivity contribution >= 4 is 67.2 Å². The Bertz CT molecular complexity index is 1180. The van der Waals surface area contributed by atoms with Gasteiger partial charge in [0.15, 0.2) is 5.13 Å². The number of hydrogen-bond donors (Lipinski definition) is 3. The molecule has 0 unspecified atom stereocenters. The summed E-state index contributed by atoms with van der Waals surface area (Å²) < 4.78 is 13.9. The third kappa shape index (κ3) is 4.84. The molecule has 0 aliphatic carbocycles. The number of nitrogens with zero attached hydrogens (tertiary/aromatic N) is 3. The van der Waals surface area contributed by atoms with Crippen molar-refractivity contribution in [3.05, 3.63) is 57.6 Å². The summed E-state index contributed by atoms with van der Waals surface area (Å²) in [5, 5.41) is 11.4. The molecule has 7 nitrogen and oxygen atoms in total. The predicted molar refractivity (Wildman–Crippen MR) is 121 cm³/mol. The third-order valence-electron chi connectivity index (χ3n) is 4.13. The van der Waals surface area contributed by atoms with Gasteiger partial charge in [-0.05, 0) is 29.6 Å². The number of fused-ring (bicyclic) bond motifs is 1. The molecule has 0 saturated carbocycles. The molecular formula is C19H16ClFN6OS2. The van der Waals surface area contributed by atoms with Crippen LogP contribution >= 0.6 is 34.3 Å². The summed E-state index contributed by atoms with van der Waals surface area (Å²) in [4.78, 5) is 25.9. The Morgan fingerprint density at radius 1 is 1.17 bits per heavy atom. The number of anilines is 3. The Morgan fingerprint density at radius 3 is 2.93 bits per heavy atom. The lowest BCUT2D eigenvalue weighted by molar-refractivity contribution is 0.262. The Morgan fingerprint density at radius 2 is 2.07 bits per heavy atom. The second kappa shape index (κ2) is 9.33. The van der Waals surface area contributed by atoms with Crippen LogP contribution < -0.4 is 16.0 Å². The molecule has 0 aliphatic rings. The molecule has 3 N–H and O–H groups in total. The van der Waals surface area contributed by atoms with Crippen LogP contribution in [0.5, 0.6) is 0 Å². The van der Waals surface area contributed by atoms with Crippen LogP contribution in [0, 0.1) is 0 Å². The van der Waals surface area contributed by atoms with E-state index in [-0.39, 0.29) is 0 Å². The van der Waals surface area contributed by atoms with Crippen LogP contribution in [0.4, 0.5) is 25.8 Å². The van der Waals surface area contributed by atoms with E-state index in [2.05, 4.69) is 30.9 Å². The van der Waals surface area contributed by atoms with Gasteiger partial charge in [0.25, 0.3) is 0 Å². The van der Waals surface area contributed by atoms with Crippen molar-refractivity contribution in [2.45, 2.75) is 13.1 Å². The zero-order valence-corrected chi connectivity index (χ0v) is 17.9. The first-order valence-electron chi connectivity index (χ1n) is 8.91. The monoisotopic (exact) mass is 462 g/mol. The molecule has 0 radical (unpaired) electrons. The minimum atomic E-state index is -0.702. The first-order chi connectivity index (χ1) is 14.6. The van der Waals surface area contributed by atoms with E-state index in [1.807, 2.05) is 11.4 Å². The summed E-state index contributed by atoms with van der Waals surface area (Å²) in [5.41, 5.74) is 1.70. The number of nitrogens with one attached hydrogen (secondary N) is 3. The Labute approximate surface area is 184 Å². The molecule has 0 bridgehead atoms. The van der Waals surface area contributed by atoms with E-state index in [0.29, 0.717) is 27.9 Å². The average molecular weight is 463 g/mol. The number of rotatable bonds is 7. The molecule has 0 atom stereocenters. The van der Waals surface area contributed by atoms with Crippen LogP contribution in [-0.4, -0.2) is 27.5 Å². The molecular weight excluding hydrogens is 447 g/mol. The van der Waals surface area contributed by atoms with Gasteiger partial charge in [0.2, 0.25) is 0 Å². The molecule has 30 heavy (non-hydrogen) atoms. The fourth-order valence-electron chi connectivity index (χ4n) is 2.71. The maximum atomic E-state index is 12.9. The summed E-state index contributed by atoms with van der Waals surface area (Å²) in [6, 6.07) is 6.15. The van der Waals surface area contributed by atoms with Gasteiger partial charge in [0.1, 0.15) is 18.8 Å². The van der Waals surface area contributed by atoms with Crippen molar-refractivity contribution in [2.24, 2.45) is 0 Å². The minimum Gasteiger partial charge on any atom is -0.368 e. The fourth-order valence-corrected chi connectivity index (χ4v) is 4.50. The lowest BCUT2D eigenvalue weighted by Crippen LogP contribution is -2.19. The van der Waals surface area contributed by atoms with Crippen molar-refractivity contribution in [1.82, 2.24) is 15.0 Å². The molecule has 4 aromatic rings. The number of hydrogen-bond acceptors (Lipinski definition) is 7. The number of urea groups is 1. The highest BCUT2D eigenvalue weighted by molar-refractivity contribution is 7.17. The second-order valence-corrected chi connectivity index (χ2v) is 8.62. The average Bonchev–Trinajstić information content (AvgIpc) is 3.39. The van der Waals surface area contributed by atoms with E-state index >= 15 is 0 Å². The molecule has 3 aromatic heterocycles. The van der Waals surface area contributed by atoms with E-state index < -0.39 is 12.7 Å². The van der Waals surface area contributed by atoms with Crippen LogP contribution in [0.15, 0.2) is 42.2 Å². The largest absolute Gasteiger partial charge is 0.368 e. The minimum absolute atomic E-state index is 0.321. The second-order valence-electron chi connectivity index (χ2n) is 6.18. The number of carbonyl (C=O) groups excluding carboxylic acids is 1. The highest BCUT2D eigenvalue weighted by Crippen LogP contribution is 2.25. The summed E-state index contributed by atoms with van der Waals surface area (Å²) in [7, 11) is 0. The fraction of sp³-hybridized carbons (Fsp3) is 0.158. The molecule has 3 heterocycles. The summed E-state index contributed by atoms with van der Waals surface area (Å²) in [5.74, 6) is 0.813. The van der Waals surface area contributed by atoms with Gasteiger partial charge in [-0.3, -0.25) is 5.32 Å². The molecule has 4 rings (SSSR count). The summed E-state index contributed by atoms with van der Waals surface area (Å²) in [6.07, 6.45) is 4.00. The molecule has 154 valence electrons. The number of carbonyl (C=O) groups is 1. The van der Waals surface area contributed by atoms with Gasteiger partial charge in [-0.15, -0.1) is 22.7 Å². The molecule has 0 fully saturated rings. The van der Waals surface area contributed by atoms with Gasteiger partial charge in [-0.2, -0.15) is 0 Å². The zero-order valence-electron chi connectivity index (χ0n) is 15.5. The molecule has 0 aliphatic heterocycles. The Kier molecular flexibility index (Phi) is 6.36. The van der Waals surface area contributed by atoms with Crippen molar-refractivity contribution < 1.29 is 9.18 Å². The molecule has 11 heteroatoms. The van der Waals surface area contributed by atoms with Crippen molar-refractivity contribution in [3.8, 4) is 0 Å². The van der Waals surface area contributed by atoms with Gasteiger partial charge in [0, 0.05) is 40.3 Å². The lowest BCUT2D eigenvalue weighted by atomic mass is 10.2.